The third-order valence-corrected chi connectivity index (χ3v) is 10.5. The summed E-state index contributed by atoms with van der Waals surface area (Å²) >= 11 is 1.09. The van der Waals surface area contributed by atoms with Crippen LogP contribution in [0.1, 0.15) is 38.0 Å². The van der Waals surface area contributed by atoms with E-state index in [1.807, 2.05) is 127 Å². The van der Waals surface area contributed by atoms with Crippen LogP contribution in [0.4, 0.5) is 0 Å². The predicted molar refractivity (Wildman–Crippen MR) is 211 cm³/mol. The van der Waals surface area contributed by atoms with Gasteiger partial charge in [0.25, 0.3) is 0 Å². The first-order valence-electron chi connectivity index (χ1n) is 17.7. The molecule has 1 unspecified atom stereocenters. The van der Waals surface area contributed by atoms with Gasteiger partial charge in [0.15, 0.2) is 17.6 Å². The van der Waals surface area contributed by atoms with E-state index < -0.39 is 46.8 Å². The molecule has 1 aliphatic heterocycles. The fourth-order valence-corrected chi connectivity index (χ4v) is 7.68. The molecule has 0 aliphatic carbocycles. The van der Waals surface area contributed by atoms with E-state index in [-0.39, 0.29) is 17.7 Å². The SMILES string of the molecule is CC(=O)OC1S[C@H](COC(=O)c2ccc(-c3ccccc3)cc2)[C@H](OC(=O)c2ccc(-c3ccccc3)cc2)[C@@H]1OC(=O)c1ccc(-c2ccccc2)cc1. The molecule has 1 fully saturated rings. The number of rotatable bonds is 11. The molecular weight excluding hydrogens is 713 g/mol. The second-order valence-electron chi connectivity index (χ2n) is 12.8. The van der Waals surface area contributed by atoms with Crippen molar-refractivity contribution >= 4 is 35.6 Å². The van der Waals surface area contributed by atoms with Crippen molar-refractivity contribution in [2.24, 2.45) is 0 Å². The summed E-state index contributed by atoms with van der Waals surface area (Å²) in [6.07, 6.45) is -2.38. The topological polar surface area (TPSA) is 105 Å². The molecule has 1 heterocycles. The molecule has 4 atom stereocenters. The fourth-order valence-electron chi connectivity index (χ4n) is 6.26. The largest absolute Gasteiger partial charge is 0.461 e. The minimum atomic E-state index is -1.23. The van der Waals surface area contributed by atoms with E-state index in [1.165, 1.54) is 6.92 Å². The zero-order chi connectivity index (χ0) is 38.1. The zero-order valence-corrected chi connectivity index (χ0v) is 30.6. The van der Waals surface area contributed by atoms with Gasteiger partial charge in [-0.05, 0) is 69.8 Å². The molecule has 6 aromatic carbocycles. The van der Waals surface area contributed by atoms with Crippen molar-refractivity contribution in [3.8, 4) is 33.4 Å². The summed E-state index contributed by atoms with van der Waals surface area (Å²) in [6, 6.07) is 50.1. The van der Waals surface area contributed by atoms with Gasteiger partial charge < -0.3 is 18.9 Å². The number of hydrogen-bond acceptors (Lipinski definition) is 9. The lowest BCUT2D eigenvalue weighted by Gasteiger charge is -2.25. The van der Waals surface area contributed by atoms with Crippen LogP contribution in [0, 0.1) is 0 Å². The van der Waals surface area contributed by atoms with Crippen LogP contribution in [0.25, 0.3) is 33.4 Å². The maximum absolute atomic E-state index is 13.7. The molecule has 1 aliphatic rings. The quantitative estimate of drug-likeness (QED) is 0.0947. The number of benzene rings is 6. The third kappa shape index (κ3) is 9.03. The molecular formula is C46H36O8S. The first-order valence-corrected chi connectivity index (χ1v) is 18.6. The lowest BCUT2D eigenvalue weighted by atomic mass is 10.0. The molecule has 0 aromatic heterocycles. The molecule has 0 amide bonds. The van der Waals surface area contributed by atoms with Gasteiger partial charge in [0.1, 0.15) is 6.61 Å². The molecule has 0 N–H and O–H groups in total. The summed E-state index contributed by atoms with van der Waals surface area (Å²) < 4.78 is 23.4. The lowest BCUT2D eigenvalue weighted by molar-refractivity contribution is -0.148. The Bertz CT molecular complexity index is 2240. The second kappa shape index (κ2) is 17.1. The van der Waals surface area contributed by atoms with Crippen molar-refractivity contribution in [2.45, 2.75) is 29.8 Å². The van der Waals surface area contributed by atoms with Crippen molar-refractivity contribution in [2.75, 3.05) is 6.61 Å². The molecule has 0 spiro atoms. The van der Waals surface area contributed by atoms with Crippen molar-refractivity contribution in [1.29, 1.82) is 0 Å². The fraction of sp³-hybridized carbons (Fsp3) is 0.130. The average molecular weight is 749 g/mol. The normalized spacial score (nSPS) is 17.5. The van der Waals surface area contributed by atoms with Crippen LogP contribution in [0.2, 0.25) is 0 Å². The van der Waals surface area contributed by atoms with Gasteiger partial charge in [0, 0.05) is 6.92 Å². The maximum Gasteiger partial charge on any atom is 0.338 e. The van der Waals surface area contributed by atoms with E-state index in [0.717, 1.165) is 45.1 Å². The van der Waals surface area contributed by atoms with Gasteiger partial charge in [-0.15, -0.1) is 11.8 Å². The summed E-state index contributed by atoms with van der Waals surface area (Å²) in [5.41, 5.74) is 5.52. The Kier molecular flexibility index (Phi) is 11.5. The second-order valence-corrected chi connectivity index (χ2v) is 14.2. The van der Waals surface area contributed by atoms with Crippen molar-refractivity contribution in [1.82, 2.24) is 0 Å². The van der Waals surface area contributed by atoms with E-state index in [9.17, 15) is 19.2 Å². The molecule has 0 radical (unpaired) electrons. The molecule has 0 saturated carbocycles. The predicted octanol–water partition coefficient (Wildman–Crippen LogP) is 9.30. The molecule has 8 nitrogen and oxygen atoms in total. The maximum atomic E-state index is 13.7. The van der Waals surface area contributed by atoms with Crippen LogP contribution in [0.15, 0.2) is 164 Å². The Morgan fingerprint density at radius 3 is 1.16 bits per heavy atom. The highest BCUT2D eigenvalue weighted by atomic mass is 32.2. The Balaban J connectivity index is 1.12. The molecule has 7 rings (SSSR count). The van der Waals surface area contributed by atoms with Crippen molar-refractivity contribution in [3.05, 3.63) is 180 Å². The molecule has 0 bridgehead atoms. The Morgan fingerprint density at radius 2 is 0.782 bits per heavy atom. The first-order chi connectivity index (χ1) is 26.8. The summed E-state index contributed by atoms with van der Waals surface area (Å²) in [6.45, 7) is 1.01. The standard InChI is InChI=1S/C46H36O8S/c1-30(47)52-46-42(54-45(50)39-27-21-36(22-28-39)33-15-9-4-10-16-33)41(53-44(49)38-25-19-35(20-26-38)32-13-7-3-8-14-32)40(55-46)29-51-43(48)37-23-17-34(18-24-37)31-11-5-2-6-12-31/h2-28,40-42,46H,29H2,1H3/t40-,41+,42+,46?/m1/s1. The molecule has 274 valence electrons. The van der Waals surface area contributed by atoms with Gasteiger partial charge in [0.05, 0.1) is 21.9 Å². The number of esters is 4. The van der Waals surface area contributed by atoms with E-state index in [1.54, 1.807) is 36.4 Å². The highest BCUT2D eigenvalue weighted by Crippen LogP contribution is 2.40. The minimum absolute atomic E-state index is 0.230. The first kappa shape index (κ1) is 36.9. The number of hydrogen-bond donors (Lipinski definition) is 0. The molecule has 55 heavy (non-hydrogen) atoms. The van der Waals surface area contributed by atoms with E-state index >= 15 is 0 Å². The Morgan fingerprint density at radius 1 is 0.436 bits per heavy atom. The smallest absolute Gasteiger partial charge is 0.338 e. The minimum Gasteiger partial charge on any atom is -0.461 e. The van der Waals surface area contributed by atoms with Gasteiger partial charge >= 0.3 is 23.9 Å². The van der Waals surface area contributed by atoms with Gasteiger partial charge in [-0.2, -0.15) is 0 Å². The summed E-state index contributed by atoms with van der Waals surface area (Å²) in [4.78, 5) is 52.9. The molecule has 1 saturated heterocycles. The van der Waals surface area contributed by atoms with E-state index in [2.05, 4.69) is 0 Å². The van der Waals surface area contributed by atoms with Crippen LogP contribution in [0.5, 0.6) is 0 Å². The lowest BCUT2D eigenvalue weighted by Crippen LogP contribution is -2.42. The van der Waals surface area contributed by atoms with Crippen LogP contribution in [0.3, 0.4) is 0 Å². The summed E-state index contributed by atoms with van der Waals surface area (Å²) in [5.74, 6) is -2.60. The van der Waals surface area contributed by atoms with Crippen LogP contribution in [-0.4, -0.2) is 53.4 Å². The van der Waals surface area contributed by atoms with Gasteiger partial charge in [-0.3, -0.25) is 4.79 Å². The Hall–Kier alpha value is -6.45. The monoisotopic (exact) mass is 748 g/mol. The number of carbonyl (C=O) groups excluding carboxylic acids is 4. The van der Waals surface area contributed by atoms with E-state index in [0.29, 0.717) is 5.56 Å². The highest BCUT2D eigenvalue weighted by Gasteiger charge is 2.51. The summed E-state index contributed by atoms with van der Waals surface area (Å²) in [7, 11) is 0. The number of thioether (sulfide) groups is 1. The summed E-state index contributed by atoms with van der Waals surface area (Å²) in [5, 5.41) is -0.761. The number of ether oxygens (including phenoxy) is 4. The average Bonchev–Trinajstić information content (AvgIpc) is 3.54. The van der Waals surface area contributed by atoms with Crippen molar-refractivity contribution in [3.63, 3.8) is 0 Å². The Labute approximate surface area is 323 Å². The molecule has 9 heteroatoms. The molecule has 6 aromatic rings. The van der Waals surface area contributed by atoms with Crippen LogP contribution < -0.4 is 0 Å². The zero-order valence-electron chi connectivity index (χ0n) is 29.8. The van der Waals surface area contributed by atoms with Gasteiger partial charge in [-0.1, -0.05) is 127 Å². The third-order valence-electron chi connectivity index (χ3n) is 9.10. The van der Waals surface area contributed by atoms with E-state index in [4.69, 9.17) is 18.9 Å². The van der Waals surface area contributed by atoms with Gasteiger partial charge in [-0.25, -0.2) is 14.4 Å². The number of carbonyl (C=O) groups is 4. The van der Waals surface area contributed by atoms with Gasteiger partial charge in [0.2, 0.25) is 0 Å². The van der Waals surface area contributed by atoms with Crippen LogP contribution in [-0.2, 0) is 23.7 Å². The van der Waals surface area contributed by atoms with Crippen LogP contribution >= 0.6 is 11.8 Å². The highest BCUT2D eigenvalue weighted by molar-refractivity contribution is 8.00. The van der Waals surface area contributed by atoms with Crippen molar-refractivity contribution < 1.29 is 38.1 Å².